The maximum Gasteiger partial charge on any atom is 0.260 e. The molecule has 9 nitrogen and oxygen atoms in total. The number of thiazole rings is 1. The summed E-state index contributed by atoms with van der Waals surface area (Å²) in [4.78, 5) is 22.0. The zero-order valence-corrected chi connectivity index (χ0v) is 22.6. The number of aromatic nitrogens is 1. The average Bonchev–Trinajstić information content (AvgIpc) is 3.53. The lowest BCUT2D eigenvalue weighted by molar-refractivity contribution is 0.0978. The van der Waals surface area contributed by atoms with Crippen LogP contribution in [0.2, 0.25) is 0 Å². The average molecular weight is 533 g/mol. The van der Waals surface area contributed by atoms with Gasteiger partial charge in [0.2, 0.25) is 10.0 Å². The minimum atomic E-state index is -3.69. The Kier molecular flexibility index (Phi) is 8.26. The van der Waals surface area contributed by atoms with Crippen molar-refractivity contribution in [3.05, 3.63) is 48.0 Å². The van der Waals surface area contributed by atoms with Crippen molar-refractivity contribution in [2.75, 3.05) is 59.4 Å². The standard InChI is InChI=1S/C25H32N4O5S2/c1-27(2)13-14-29(25-26-22-16-19(33-4)9-12-23(22)35-25)24(30)18-7-10-21(11-8-18)36(31,32)28(3)17-20-6-5-15-34-20/h7-12,16,20H,5-6,13-15,17H2,1-4H3/t20-/m1/s1. The number of benzene rings is 2. The Balaban J connectivity index is 1.57. The largest absolute Gasteiger partial charge is 0.497 e. The SMILES string of the molecule is COc1ccc2sc(N(CCN(C)C)C(=O)c3ccc(S(=O)(=O)N(C)C[C@H]4CCCO4)cc3)nc2c1. The third-order valence-electron chi connectivity index (χ3n) is 6.12. The van der Waals surface area contributed by atoms with E-state index in [4.69, 9.17) is 9.47 Å². The number of anilines is 1. The fourth-order valence-electron chi connectivity index (χ4n) is 4.00. The summed E-state index contributed by atoms with van der Waals surface area (Å²) in [5.74, 6) is 0.464. The predicted octanol–water partition coefficient (Wildman–Crippen LogP) is 3.31. The molecule has 0 aliphatic carbocycles. The first kappa shape index (κ1) is 26.5. The highest BCUT2D eigenvalue weighted by Gasteiger charge is 2.27. The molecule has 0 bridgehead atoms. The van der Waals surface area contributed by atoms with Gasteiger partial charge in [-0.1, -0.05) is 11.3 Å². The zero-order chi connectivity index (χ0) is 25.9. The number of methoxy groups -OCH3 is 1. The van der Waals surface area contributed by atoms with Gasteiger partial charge in [-0.15, -0.1) is 0 Å². The lowest BCUT2D eigenvalue weighted by atomic mass is 10.2. The first-order valence-electron chi connectivity index (χ1n) is 11.8. The minimum Gasteiger partial charge on any atom is -0.497 e. The highest BCUT2D eigenvalue weighted by atomic mass is 32.2. The third-order valence-corrected chi connectivity index (χ3v) is 9.02. The Morgan fingerprint density at radius 1 is 1.14 bits per heavy atom. The molecule has 194 valence electrons. The van der Waals surface area contributed by atoms with Gasteiger partial charge in [0.25, 0.3) is 5.91 Å². The molecular formula is C25H32N4O5S2. The van der Waals surface area contributed by atoms with Crippen molar-refractivity contribution in [2.24, 2.45) is 0 Å². The summed E-state index contributed by atoms with van der Waals surface area (Å²) < 4.78 is 39.2. The van der Waals surface area contributed by atoms with E-state index < -0.39 is 10.0 Å². The number of ether oxygens (including phenoxy) is 2. The Bertz CT molecular complexity index is 1300. The van der Waals surface area contributed by atoms with Crippen LogP contribution < -0.4 is 9.64 Å². The minimum absolute atomic E-state index is 0.0790. The van der Waals surface area contributed by atoms with Gasteiger partial charge < -0.3 is 14.4 Å². The number of rotatable bonds is 10. The van der Waals surface area contributed by atoms with E-state index in [0.717, 1.165) is 23.1 Å². The Hall–Kier alpha value is -2.57. The van der Waals surface area contributed by atoms with Gasteiger partial charge in [0.15, 0.2) is 5.13 Å². The number of carbonyl (C=O) groups excluding carboxylic acids is 1. The van der Waals surface area contributed by atoms with Crippen molar-refractivity contribution in [1.29, 1.82) is 0 Å². The van der Waals surface area contributed by atoms with Crippen LogP contribution in [0.5, 0.6) is 5.75 Å². The highest BCUT2D eigenvalue weighted by molar-refractivity contribution is 7.89. The first-order chi connectivity index (χ1) is 17.2. The Morgan fingerprint density at radius 3 is 2.53 bits per heavy atom. The lowest BCUT2D eigenvalue weighted by Gasteiger charge is -2.22. The maximum absolute atomic E-state index is 13.6. The number of fused-ring (bicyclic) bond motifs is 1. The second kappa shape index (κ2) is 11.2. The van der Waals surface area contributed by atoms with E-state index in [1.54, 1.807) is 31.2 Å². The van der Waals surface area contributed by atoms with Crippen molar-refractivity contribution >= 4 is 42.6 Å². The van der Waals surface area contributed by atoms with Crippen LogP contribution in [0.1, 0.15) is 23.2 Å². The topological polar surface area (TPSA) is 92.3 Å². The van der Waals surface area contributed by atoms with Crippen molar-refractivity contribution in [3.8, 4) is 5.75 Å². The zero-order valence-electron chi connectivity index (χ0n) is 21.0. The monoisotopic (exact) mass is 532 g/mol. The second-order valence-electron chi connectivity index (χ2n) is 9.04. The van der Waals surface area contributed by atoms with Gasteiger partial charge in [-0.3, -0.25) is 9.69 Å². The molecule has 1 aromatic heterocycles. The maximum atomic E-state index is 13.6. The molecule has 0 saturated carbocycles. The molecular weight excluding hydrogens is 500 g/mol. The molecule has 1 atom stereocenters. The number of hydrogen-bond donors (Lipinski definition) is 0. The van der Waals surface area contributed by atoms with Crippen molar-refractivity contribution < 1.29 is 22.7 Å². The van der Waals surface area contributed by atoms with Gasteiger partial charge in [-0.05, 0) is 63.3 Å². The molecule has 2 aromatic carbocycles. The van der Waals surface area contributed by atoms with E-state index >= 15 is 0 Å². The van der Waals surface area contributed by atoms with Crippen molar-refractivity contribution in [1.82, 2.24) is 14.2 Å². The summed E-state index contributed by atoms with van der Waals surface area (Å²) in [6.45, 7) is 2.06. The molecule has 4 rings (SSSR count). The van der Waals surface area contributed by atoms with Crippen molar-refractivity contribution in [2.45, 2.75) is 23.8 Å². The van der Waals surface area contributed by atoms with Gasteiger partial charge in [-0.2, -0.15) is 4.31 Å². The first-order valence-corrected chi connectivity index (χ1v) is 14.0. The van der Waals surface area contributed by atoms with Crippen LogP contribution in [0.3, 0.4) is 0 Å². The van der Waals surface area contributed by atoms with Crippen LogP contribution in [0.15, 0.2) is 47.4 Å². The summed E-state index contributed by atoms with van der Waals surface area (Å²) in [5, 5.41) is 0.582. The van der Waals surface area contributed by atoms with Gasteiger partial charge in [0, 0.05) is 44.9 Å². The van der Waals surface area contributed by atoms with Gasteiger partial charge in [0.05, 0.1) is 28.3 Å². The van der Waals surface area contributed by atoms with E-state index in [0.29, 0.717) is 42.7 Å². The molecule has 1 saturated heterocycles. The van der Waals surface area contributed by atoms with Crippen LogP contribution in [0.4, 0.5) is 5.13 Å². The third kappa shape index (κ3) is 5.87. The highest BCUT2D eigenvalue weighted by Crippen LogP contribution is 2.32. The van der Waals surface area contributed by atoms with E-state index in [1.165, 1.54) is 27.8 Å². The van der Waals surface area contributed by atoms with Gasteiger partial charge in [0.1, 0.15) is 5.75 Å². The normalized spacial score (nSPS) is 16.2. The van der Waals surface area contributed by atoms with Crippen molar-refractivity contribution in [3.63, 3.8) is 0 Å². The number of amides is 1. The Labute approximate surface area is 216 Å². The van der Waals surface area contributed by atoms with Crippen LogP contribution in [0.25, 0.3) is 10.2 Å². The number of likely N-dealkylation sites (N-methyl/N-ethyl adjacent to an activating group) is 2. The van der Waals surface area contributed by atoms with E-state index in [1.807, 2.05) is 37.2 Å². The smallest absolute Gasteiger partial charge is 0.260 e. The number of sulfonamides is 1. The van der Waals surface area contributed by atoms with Crippen LogP contribution in [0, 0.1) is 0 Å². The van der Waals surface area contributed by atoms with Gasteiger partial charge >= 0.3 is 0 Å². The molecule has 0 radical (unpaired) electrons. The summed E-state index contributed by atoms with van der Waals surface area (Å²) in [5.41, 5.74) is 1.15. The fourth-order valence-corrected chi connectivity index (χ4v) is 6.17. The molecule has 2 heterocycles. The summed E-state index contributed by atoms with van der Waals surface area (Å²) in [6.07, 6.45) is 1.72. The molecule has 1 fully saturated rings. The number of carbonyl (C=O) groups is 1. The molecule has 3 aromatic rings. The van der Waals surface area contributed by atoms with E-state index in [2.05, 4.69) is 4.98 Å². The predicted molar refractivity (Wildman–Crippen MR) is 142 cm³/mol. The molecule has 0 spiro atoms. The van der Waals surface area contributed by atoms with E-state index in [9.17, 15) is 13.2 Å². The number of nitrogens with zero attached hydrogens (tertiary/aromatic N) is 4. The molecule has 1 amide bonds. The summed E-state index contributed by atoms with van der Waals surface area (Å²) in [6, 6.07) is 11.7. The van der Waals surface area contributed by atoms with Gasteiger partial charge in [-0.25, -0.2) is 13.4 Å². The molecule has 0 N–H and O–H groups in total. The number of hydrogen-bond acceptors (Lipinski definition) is 8. The Morgan fingerprint density at radius 2 is 1.89 bits per heavy atom. The molecule has 1 aliphatic rings. The van der Waals surface area contributed by atoms with Crippen LogP contribution >= 0.6 is 11.3 Å². The quantitative estimate of drug-likeness (QED) is 0.396. The summed E-state index contributed by atoms with van der Waals surface area (Å²) in [7, 11) is 3.36. The molecule has 11 heteroatoms. The molecule has 0 unspecified atom stereocenters. The molecule has 36 heavy (non-hydrogen) atoms. The van der Waals surface area contributed by atoms with Crippen LogP contribution in [-0.2, 0) is 14.8 Å². The second-order valence-corrected chi connectivity index (χ2v) is 12.1. The molecule has 1 aliphatic heterocycles. The van der Waals surface area contributed by atoms with Crippen LogP contribution in [-0.4, -0.2) is 89.1 Å². The fraction of sp³-hybridized carbons (Fsp3) is 0.440. The summed E-state index contributed by atoms with van der Waals surface area (Å²) >= 11 is 1.43. The lowest BCUT2D eigenvalue weighted by Crippen LogP contribution is -2.37. The van der Waals surface area contributed by atoms with E-state index in [-0.39, 0.29) is 16.9 Å².